The molecule has 0 aromatic carbocycles. The summed E-state index contributed by atoms with van der Waals surface area (Å²) in [6, 6.07) is 0.408. The molecule has 0 saturated carbocycles. The van der Waals surface area contributed by atoms with Gasteiger partial charge < -0.3 is 14.8 Å². The lowest BCUT2D eigenvalue weighted by atomic mass is 10.2. The van der Waals surface area contributed by atoms with Crippen molar-refractivity contribution >= 4 is 5.82 Å². The molecule has 5 nitrogen and oxygen atoms in total. The normalized spacial score (nSPS) is 21.1. The second kappa shape index (κ2) is 4.65. The van der Waals surface area contributed by atoms with Gasteiger partial charge in [0.25, 0.3) is 5.56 Å². The second-order valence-electron chi connectivity index (χ2n) is 4.14. The van der Waals surface area contributed by atoms with Gasteiger partial charge in [-0.3, -0.25) is 4.79 Å². The predicted octanol–water partition coefficient (Wildman–Crippen LogP) is 0.0613. The van der Waals surface area contributed by atoms with Crippen molar-refractivity contribution in [2.45, 2.75) is 26.4 Å². The zero-order valence-corrected chi connectivity index (χ0v) is 9.81. The zero-order chi connectivity index (χ0) is 11.5. The van der Waals surface area contributed by atoms with Crippen molar-refractivity contribution in [2.24, 2.45) is 0 Å². The van der Waals surface area contributed by atoms with Gasteiger partial charge in [0.1, 0.15) is 0 Å². The molecule has 0 amide bonds. The van der Waals surface area contributed by atoms with Gasteiger partial charge in [0.15, 0.2) is 5.82 Å². The lowest BCUT2D eigenvalue weighted by molar-refractivity contribution is 0.480. The monoisotopic (exact) mass is 222 g/mol. The van der Waals surface area contributed by atoms with Crippen LogP contribution < -0.4 is 15.8 Å². The highest BCUT2D eigenvalue weighted by Crippen LogP contribution is 2.07. The van der Waals surface area contributed by atoms with Crippen LogP contribution in [0.25, 0.3) is 0 Å². The van der Waals surface area contributed by atoms with Gasteiger partial charge in [0.2, 0.25) is 0 Å². The van der Waals surface area contributed by atoms with Crippen LogP contribution >= 0.6 is 0 Å². The van der Waals surface area contributed by atoms with Crippen LogP contribution in [0, 0.1) is 0 Å². The van der Waals surface area contributed by atoms with Gasteiger partial charge in [0, 0.05) is 44.6 Å². The quantitative estimate of drug-likeness (QED) is 0.769. The Morgan fingerprint density at radius 2 is 2.44 bits per heavy atom. The first-order valence-corrected chi connectivity index (χ1v) is 5.76. The maximum atomic E-state index is 12.0. The molecule has 0 radical (unpaired) electrons. The lowest BCUT2D eigenvalue weighted by Crippen LogP contribution is -2.51. The molecule has 2 rings (SSSR count). The van der Waals surface area contributed by atoms with Crippen molar-refractivity contribution in [3.8, 4) is 0 Å². The molecule has 1 aromatic heterocycles. The number of aryl methyl sites for hydroxylation is 1. The van der Waals surface area contributed by atoms with E-state index in [1.165, 1.54) is 0 Å². The molecule has 0 unspecified atom stereocenters. The Hall–Kier alpha value is -1.36. The minimum Gasteiger partial charge on any atom is -0.349 e. The molecule has 0 bridgehead atoms. The molecule has 1 N–H and O–H groups in total. The molecule has 2 heterocycles. The highest BCUT2D eigenvalue weighted by atomic mass is 16.1. The van der Waals surface area contributed by atoms with Crippen molar-refractivity contribution in [2.75, 3.05) is 24.5 Å². The Labute approximate surface area is 95.1 Å². The average molecular weight is 222 g/mol. The van der Waals surface area contributed by atoms with E-state index >= 15 is 0 Å². The number of piperazine rings is 1. The molecule has 1 fully saturated rings. The van der Waals surface area contributed by atoms with E-state index in [1.807, 2.05) is 6.92 Å². The van der Waals surface area contributed by atoms with E-state index < -0.39 is 0 Å². The summed E-state index contributed by atoms with van der Waals surface area (Å²) in [6.07, 6.45) is 3.43. The number of nitrogens with one attached hydrogen (secondary N) is 1. The number of hydrogen-bond acceptors (Lipinski definition) is 4. The molecule has 0 aliphatic carbocycles. The van der Waals surface area contributed by atoms with Crippen LogP contribution in [0.1, 0.15) is 13.8 Å². The van der Waals surface area contributed by atoms with Gasteiger partial charge in [-0.1, -0.05) is 0 Å². The van der Waals surface area contributed by atoms with Crippen LogP contribution in [-0.4, -0.2) is 35.2 Å². The SMILES string of the molecule is CCn1ccnc(N2CCN[C@@H](C)C2)c1=O. The van der Waals surface area contributed by atoms with Crippen molar-refractivity contribution in [1.29, 1.82) is 0 Å². The third-order valence-electron chi connectivity index (χ3n) is 2.90. The first-order chi connectivity index (χ1) is 7.72. The summed E-state index contributed by atoms with van der Waals surface area (Å²) in [5.41, 5.74) is 0.0131. The number of nitrogens with zero attached hydrogens (tertiary/aromatic N) is 3. The number of rotatable bonds is 2. The average Bonchev–Trinajstić information content (AvgIpc) is 2.29. The van der Waals surface area contributed by atoms with Crippen LogP contribution in [0.2, 0.25) is 0 Å². The zero-order valence-electron chi connectivity index (χ0n) is 9.81. The molecule has 1 aliphatic heterocycles. The maximum absolute atomic E-state index is 12.0. The predicted molar refractivity (Wildman–Crippen MR) is 63.8 cm³/mol. The summed E-state index contributed by atoms with van der Waals surface area (Å²) in [6.45, 7) is 7.37. The Morgan fingerprint density at radius 3 is 3.12 bits per heavy atom. The summed E-state index contributed by atoms with van der Waals surface area (Å²) in [7, 11) is 0. The van der Waals surface area contributed by atoms with Crippen molar-refractivity contribution in [3.63, 3.8) is 0 Å². The third kappa shape index (κ3) is 2.09. The fourth-order valence-corrected chi connectivity index (χ4v) is 2.03. The van der Waals surface area contributed by atoms with Gasteiger partial charge in [0.05, 0.1) is 0 Å². The van der Waals surface area contributed by atoms with Crippen LogP contribution in [0.4, 0.5) is 5.82 Å². The standard InChI is InChI=1S/C11H18N4O/c1-3-14-6-5-13-10(11(14)16)15-7-4-12-9(2)8-15/h5-6,9,12H,3-4,7-8H2,1-2H3/t9-/m0/s1. The molecular formula is C11H18N4O. The van der Waals surface area contributed by atoms with E-state index in [2.05, 4.69) is 22.1 Å². The van der Waals surface area contributed by atoms with Gasteiger partial charge in [-0.25, -0.2) is 4.98 Å². The second-order valence-corrected chi connectivity index (χ2v) is 4.14. The van der Waals surface area contributed by atoms with E-state index in [0.717, 1.165) is 19.6 Å². The molecule has 1 aromatic rings. The van der Waals surface area contributed by atoms with Gasteiger partial charge in [-0.05, 0) is 13.8 Å². The van der Waals surface area contributed by atoms with E-state index in [4.69, 9.17) is 0 Å². The fourth-order valence-electron chi connectivity index (χ4n) is 2.03. The minimum absolute atomic E-state index is 0.0131. The smallest absolute Gasteiger partial charge is 0.293 e. The number of aromatic nitrogens is 2. The number of anilines is 1. The largest absolute Gasteiger partial charge is 0.349 e. The summed E-state index contributed by atoms with van der Waals surface area (Å²) < 4.78 is 1.69. The van der Waals surface area contributed by atoms with E-state index in [0.29, 0.717) is 18.4 Å². The minimum atomic E-state index is 0.0131. The van der Waals surface area contributed by atoms with Crippen molar-refractivity contribution < 1.29 is 0 Å². The molecule has 88 valence electrons. The van der Waals surface area contributed by atoms with Gasteiger partial charge in [-0.15, -0.1) is 0 Å². The lowest BCUT2D eigenvalue weighted by Gasteiger charge is -2.32. The summed E-state index contributed by atoms with van der Waals surface area (Å²) in [5.74, 6) is 0.581. The van der Waals surface area contributed by atoms with Crippen LogP contribution in [-0.2, 0) is 6.54 Å². The summed E-state index contributed by atoms with van der Waals surface area (Å²) in [5, 5.41) is 3.35. The highest BCUT2D eigenvalue weighted by molar-refractivity contribution is 5.36. The number of hydrogen-bond donors (Lipinski definition) is 1. The van der Waals surface area contributed by atoms with Crippen LogP contribution in [0.5, 0.6) is 0 Å². The first kappa shape index (κ1) is 11.1. The molecule has 16 heavy (non-hydrogen) atoms. The molecule has 1 aliphatic rings. The Kier molecular flexibility index (Phi) is 3.24. The summed E-state index contributed by atoms with van der Waals surface area (Å²) >= 11 is 0. The Balaban J connectivity index is 2.29. The van der Waals surface area contributed by atoms with E-state index in [1.54, 1.807) is 17.0 Å². The Morgan fingerprint density at radius 1 is 1.62 bits per heavy atom. The molecule has 5 heteroatoms. The van der Waals surface area contributed by atoms with Crippen molar-refractivity contribution in [1.82, 2.24) is 14.9 Å². The first-order valence-electron chi connectivity index (χ1n) is 5.76. The van der Waals surface area contributed by atoms with Crippen molar-refractivity contribution in [3.05, 3.63) is 22.7 Å². The highest BCUT2D eigenvalue weighted by Gasteiger charge is 2.19. The van der Waals surface area contributed by atoms with E-state index in [-0.39, 0.29) is 5.56 Å². The fraction of sp³-hybridized carbons (Fsp3) is 0.636. The molecular weight excluding hydrogens is 204 g/mol. The van der Waals surface area contributed by atoms with Crippen LogP contribution in [0.15, 0.2) is 17.2 Å². The maximum Gasteiger partial charge on any atom is 0.293 e. The third-order valence-corrected chi connectivity index (χ3v) is 2.90. The topological polar surface area (TPSA) is 50.2 Å². The molecule has 1 atom stereocenters. The van der Waals surface area contributed by atoms with Gasteiger partial charge >= 0.3 is 0 Å². The van der Waals surface area contributed by atoms with Crippen LogP contribution in [0.3, 0.4) is 0 Å². The Bertz CT molecular complexity index is 415. The van der Waals surface area contributed by atoms with Gasteiger partial charge in [-0.2, -0.15) is 0 Å². The summed E-state index contributed by atoms with van der Waals surface area (Å²) in [4.78, 5) is 18.3. The molecule has 0 spiro atoms. The molecule has 1 saturated heterocycles. The van der Waals surface area contributed by atoms with E-state index in [9.17, 15) is 4.79 Å².